The Bertz CT molecular complexity index is 1960. The first-order chi connectivity index (χ1) is 23.8. The molecule has 12 aliphatic carbocycles. The first-order valence-electron chi connectivity index (χ1n) is 16.3. The third kappa shape index (κ3) is 2.11. The molecule has 1 heterocycles. The number of alkyl halides is 12. The highest BCUT2D eigenvalue weighted by Crippen LogP contribution is 3.10. The first kappa shape index (κ1) is 31.5. The number of ketones is 1. The molecule has 13 aliphatic rings. The smallest absolute Gasteiger partial charge is 0.469 e. The van der Waals surface area contributed by atoms with Gasteiger partial charge in [-0.05, 0) is 47.3 Å². The van der Waals surface area contributed by atoms with Gasteiger partial charge in [-0.25, -0.2) is 9.59 Å². The third-order valence-electron chi connectivity index (χ3n) is 17.0. The summed E-state index contributed by atoms with van der Waals surface area (Å²) < 4.78 is 202. The van der Waals surface area contributed by atoms with Crippen LogP contribution in [0.3, 0.4) is 0 Å². The highest BCUT2D eigenvalue weighted by Gasteiger charge is 3.20. The van der Waals surface area contributed by atoms with Gasteiger partial charge in [-0.1, -0.05) is 0 Å². The van der Waals surface area contributed by atoms with Crippen LogP contribution in [0.5, 0.6) is 0 Å². The molecule has 0 bridgehead atoms. The summed E-state index contributed by atoms with van der Waals surface area (Å²) in [5.41, 5.74) is -16.9. The molecule has 21 unspecified atom stereocenters. The van der Waals surface area contributed by atoms with Gasteiger partial charge in [-0.2, -0.15) is 52.7 Å². The summed E-state index contributed by atoms with van der Waals surface area (Å²) in [7, 11) is 0.800. The van der Waals surface area contributed by atoms with Crippen molar-refractivity contribution >= 4 is 23.7 Å². The molecule has 0 aromatic carbocycles. The van der Waals surface area contributed by atoms with Crippen molar-refractivity contribution in [2.75, 3.05) is 7.11 Å². The fourth-order valence-electron chi connectivity index (χ4n) is 18.5. The largest absolute Gasteiger partial charge is 0.490 e. The van der Waals surface area contributed by atoms with Crippen LogP contribution in [-0.2, 0) is 42.9 Å². The Morgan fingerprint density at radius 1 is 0.558 bits per heavy atom. The minimum Gasteiger partial charge on any atom is -0.469 e. The predicted octanol–water partition coefficient (Wildman–Crippen LogP) is 2.46. The summed E-state index contributed by atoms with van der Waals surface area (Å²) in [6.45, 7) is 0. The second-order valence-electron chi connectivity index (χ2n) is 16.8. The molecule has 22 heteroatoms. The van der Waals surface area contributed by atoms with Gasteiger partial charge in [-0.3, -0.25) is 9.59 Å². The van der Waals surface area contributed by atoms with Crippen LogP contribution in [0.2, 0.25) is 0 Å². The number of halogens is 12. The lowest BCUT2D eigenvalue weighted by molar-refractivity contribution is -0.460. The maximum Gasteiger partial charge on any atom is 0.490 e. The van der Waals surface area contributed by atoms with E-state index in [4.69, 9.17) is 23.7 Å². The Morgan fingerprint density at radius 2 is 0.962 bits per heavy atom. The fourth-order valence-corrected chi connectivity index (χ4v) is 18.5. The number of carbonyl (C=O) groups excluding carboxylic acids is 4. The Morgan fingerprint density at radius 3 is 1.38 bits per heavy atom. The Balaban J connectivity index is 1.25. The van der Waals surface area contributed by atoms with Crippen LogP contribution >= 0.6 is 0 Å². The summed E-state index contributed by atoms with van der Waals surface area (Å²) >= 11 is 0. The number of rotatable bonds is 4. The highest BCUT2D eigenvalue weighted by molar-refractivity contribution is 5.97. The first-order valence-corrected chi connectivity index (χ1v) is 16.3. The van der Waals surface area contributed by atoms with Gasteiger partial charge in [0, 0.05) is 35.5 Å². The maximum atomic E-state index is 15.1. The average molecular weight is 766 g/mol. The number of esters is 3. The molecular weight excluding hydrogens is 748 g/mol. The normalized spacial score (nSPS) is 62.3. The lowest BCUT2D eigenvalue weighted by Crippen LogP contribution is -2.66. The van der Waals surface area contributed by atoms with Crippen molar-refractivity contribution in [3.8, 4) is 0 Å². The molecular formula is C30H18F12O10. The van der Waals surface area contributed by atoms with Gasteiger partial charge < -0.3 is 28.8 Å². The van der Waals surface area contributed by atoms with E-state index in [-0.39, 0.29) is 0 Å². The number of aliphatic hydroxyl groups is 1. The van der Waals surface area contributed by atoms with Gasteiger partial charge in [0.2, 0.25) is 5.78 Å². The highest BCUT2D eigenvalue weighted by atomic mass is 19.4. The van der Waals surface area contributed by atoms with E-state index in [0.717, 1.165) is 7.11 Å². The van der Waals surface area contributed by atoms with Crippen LogP contribution in [-0.4, -0.2) is 89.0 Å². The summed E-state index contributed by atoms with van der Waals surface area (Å²) in [4.78, 5) is 54.6. The molecule has 21 atom stereocenters. The van der Waals surface area contributed by atoms with Crippen LogP contribution in [0.4, 0.5) is 52.7 Å². The van der Waals surface area contributed by atoms with Crippen LogP contribution in [0.15, 0.2) is 0 Å². The van der Waals surface area contributed by atoms with E-state index in [2.05, 4.69) is 0 Å². The van der Waals surface area contributed by atoms with Gasteiger partial charge in [0.25, 0.3) is 0 Å². The monoisotopic (exact) mass is 766 g/mol. The molecule has 12 saturated carbocycles. The molecule has 1 N–H and O–H groups in total. The van der Waals surface area contributed by atoms with E-state index in [9.17, 15) is 63.8 Å². The van der Waals surface area contributed by atoms with Crippen LogP contribution in [0.1, 0.15) is 0 Å². The zero-order chi connectivity index (χ0) is 37.4. The molecule has 2 spiro atoms. The third-order valence-corrected chi connectivity index (χ3v) is 17.0. The summed E-state index contributed by atoms with van der Waals surface area (Å²) in [5, 5.41) is 11.1. The van der Waals surface area contributed by atoms with Gasteiger partial charge in [0.05, 0.1) is 17.9 Å². The predicted molar refractivity (Wildman–Crippen MR) is 125 cm³/mol. The number of hydrogen-bond acceptors (Lipinski definition) is 10. The Hall–Kier alpha value is -2.88. The van der Waals surface area contributed by atoms with Gasteiger partial charge in [-0.15, -0.1) is 0 Å². The quantitative estimate of drug-likeness (QED) is 0.259. The molecule has 1 aliphatic heterocycles. The molecule has 0 radical (unpaired) electrons. The van der Waals surface area contributed by atoms with E-state index < -0.39 is 170 Å². The lowest BCUT2D eigenvalue weighted by atomic mass is 9.61. The zero-order valence-electron chi connectivity index (χ0n) is 25.2. The molecule has 282 valence electrons. The summed E-state index contributed by atoms with van der Waals surface area (Å²) in [6.07, 6.45) is -23.5. The Kier molecular flexibility index (Phi) is 4.34. The van der Waals surface area contributed by atoms with Gasteiger partial charge in [0.15, 0.2) is 11.2 Å². The average Bonchev–Trinajstić information content (AvgIpc) is 3.83. The van der Waals surface area contributed by atoms with E-state index in [1.165, 1.54) is 0 Å². The second-order valence-corrected chi connectivity index (χ2v) is 16.8. The lowest BCUT2D eigenvalue weighted by Gasteiger charge is -2.49. The topological polar surface area (TPSA) is 135 Å². The van der Waals surface area contributed by atoms with E-state index in [1.807, 2.05) is 0 Å². The molecule has 52 heavy (non-hydrogen) atoms. The van der Waals surface area contributed by atoms with Crippen molar-refractivity contribution < 1.29 is 101 Å². The second kappa shape index (κ2) is 7.16. The Labute approximate surface area is 278 Å². The van der Waals surface area contributed by atoms with Crippen LogP contribution < -0.4 is 0 Å². The molecule has 0 aromatic rings. The van der Waals surface area contributed by atoms with Crippen molar-refractivity contribution in [1.29, 1.82) is 0 Å². The van der Waals surface area contributed by atoms with Gasteiger partial charge >= 0.3 is 48.6 Å². The number of methoxy groups -OCH3 is 1. The number of ether oxygens (including phenoxy) is 5. The SMILES string of the molecule is COC(=O)C12C3C4C5C6C3C37OC(O)(C(F)(F)F)OC38C6C3C5C5(OC(=O)C(F)(F)F)C6C(C(C17)C8C36C(=O)C(F)(F)F)C2C45OC(=O)C(F)(F)F. The van der Waals surface area contributed by atoms with Crippen LogP contribution in [0.25, 0.3) is 0 Å². The van der Waals surface area contributed by atoms with Crippen molar-refractivity contribution in [3.05, 3.63) is 0 Å². The standard InChI is InChI=1S/C30H18F12O10/c1-48-17(44)21-11-7-2-3-8-10-6(2)22(49-18(45)27(34,35)36)12-4(14(21)23(7,22)50-19(46)28(37,38)39)5-13(20(10,12)16(43)26(31,32)33)24(8)25(9(3)11,15(5)21)52-30(47,51-24)29(40,41)42/h2-15,47H,1H3. The molecule has 10 nitrogen and oxygen atoms in total. The van der Waals surface area contributed by atoms with Gasteiger partial charge in [0.1, 0.15) is 11.2 Å². The fraction of sp³-hybridized carbons (Fsp3) is 0.867. The molecule has 13 fully saturated rings. The number of carbonyl (C=O) groups is 4. The number of Topliss-reactive ketones (excluding diaryl/α,β-unsaturated/α-hetero) is 1. The maximum absolute atomic E-state index is 15.1. The number of hydrogen-bond donors (Lipinski definition) is 1. The van der Waals surface area contributed by atoms with Crippen molar-refractivity contribution in [3.63, 3.8) is 0 Å². The zero-order valence-corrected chi connectivity index (χ0v) is 25.2. The van der Waals surface area contributed by atoms with E-state index >= 15 is 13.2 Å². The minimum atomic E-state index is -5.94. The van der Waals surface area contributed by atoms with Crippen molar-refractivity contribution in [1.82, 2.24) is 0 Å². The molecule has 0 aromatic heterocycles. The van der Waals surface area contributed by atoms with Crippen LogP contribution in [0, 0.1) is 93.7 Å². The van der Waals surface area contributed by atoms with E-state index in [0.29, 0.717) is 0 Å². The minimum absolute atomic E-state index is 0.800. The van der Waals surface area contributed by atoms with Crippen molar-refractivity contribution in [2.45, 2.75) is 53.1 Å². The molecule has 13 rings (SSSR count). The summed E-state index contributed by atoms with van der Waals surface area (Å²) in [5.74, 6) is -39.0. The molecule has 1 saturated heterocycles. The van der Waals surface area contributed by atoms with Crippen molar-refractivity contribution in [2.24, 2.45) is 93.7 Å². The van der Waals surface area contributed by atoms with E-state index in [1.54, 1.807) is 0 Å². The summed E-state index contributed by atoms with van der Waals surface area (Å²) in [6, 6.07) is 0. The molecule has 0 amide bonds.